The maximum Gasteiger partial charge on any atom is 0.309 e. The molecule has 2 aromatic carbocycles. The van der Waals surface area contributed by atoms with E-state index in [0.717, 1.165) is 36.2 Å². The Labute approximate surface area is 283 Å². The molecule has 4 aromatic rings. The third kappa shape index (κ3) is 7.84. The van der Waals surface area contributed by atoms with E-state index < -0.39 is 11.5 Å². The van der Waals surface area contributed by atoms with Gasteiger partial charge in [0.25, 0.3) is 11.5 Å². The number of piperidine rings is 1. The summed E-state index contributed by atoms with van der Waals surface area (Å²) in [6, 6.07) is 16.0. The van der Waals surface area contributed by atoms with Gasteiger partial charge < -0.3 is 14.8 Å². The second-order valence-electron chi connectivity index (χ2n) is 11.9. The summed E-state index contributed by atoms with van der Waals surface area (Å²) in [6.45, 7) is 6.71. The predicted octanol–water partition coefficient (Wildman–Crippen LogP) is 6.49. The number of anilines is 1. The van der Waals surface area contributed by atoms with Crippen LogP contribution >= 0.6 is 23.2 Å². The number of methoxy groups -OCH3 is 1. The maximum atomic E-state index is 12.9. The fourth-order valence-electron chi connectivity index (χ4n) is 5.49. The Kier molecular flexibility index (Phi) is 11.0. The standard InChI is InChI=1S/C35H37Cl2N5O5/c1-21(2)20-47-35(45)22-14-17-42(18-15-22)19-23-11-12-28(40-33(23)46-4)26-9-5-7-24(30(26)36)25-8-6-10-29(31(25)37)39-32(43)27-13-16-38-41(3)34(27)44/h5-13,16,21-22H,14-15,17-20H2,1-4H3,(H,39,43). The van der Waals surface area contributed by atoms with E-state index in [4.69, 9.17) is 37.7 Å². The Hall–Kier alpha value is -4.25. The van der Waals surface area contributed by atoms with Gasteiger partial charge in [-0.1, -0.05) is 73.4 Å². The van der Waals surface area contributed by atoms with Gasteiger partial charge in [0.1, 0.15) is 5.56 Å². The summed E-state index contributed by atoms with van der Waals surface area (Å²) in [7, 11) is 3.06. The van der Waals surface area contributed by atoms with E-state index in [9.17, 15) is 14.4 Å². The fourth-order valence-corrected chi connectivity index (χ4v) is 6.09. The van der Waals surface area contributed by atoms with Gasteiger partial charge in [0.2, 0.25) is 5.88 Å². The zero-order chi connectivity index (χ0) is 33.7. The van der Waals surface area contributed by atoms with Crippen LogP contribution in [0, 0.1) is 11.8 Å². The van der Waals surface area contributed by atoms with E-state index in [-0.39, 0.29) is 22.5 Å². The number of hydrogen-bond donors (Lipinski definition) is 1. The summed E-state index contributed by atoms with van der Waals surface area (Å²) in [5.41, 5.74) is 3.22. The first-order valence-corrected chi connectivity index (χ1v) is 16.2. The second kappa shape index (κ2) is 15.1. The van der Waals surface area contributed by atoms with Crippen molar-refractivity contribution in [2.45, 2.75) is 33.2 Å². The van der Waals surface area contributed by atoms with Crippen molar-refractivity contribution in [1.29, 1.82) is 0 Å². The Morgan fingerprint density at radius 2 is 1.66 bits per heavy atom. The highest BCUT2D eigenvalue weighted by atomic mass is 35.5. The van der Waals surface area contributed by atoms with Gasteiger partial charge in [0, 0.05) is 42.0 Å². The minimum Gasteiger partial charge on any atom is -0.481 e. The summed E-state index contributed by atoms with van der Waals surface area (Å²) >= 11 is 13.8. The molecule has 2 aromatic heterocycles. The van der Waals surface area contributed by atoms with Crippen LogP contribution in [0.1, 0.15) is 42.6 Å². The molecule has 47 heavy (non-hydrogen) atoms. The van der Waals surface area contributed by atoms with Crippen molar-refractivity contribution < 1.29 is 19.1 Å². The third-order valence-corrected chi connectivity index (χ3v) is 8.88. The van der Waals surface area contributed by atoms with E-state index in [1.165, 1.54) is 19.3 Å². The largest absolute Gasteiger partial charge is 0.481 e. The smallest absolute Gasteiger partial charge is 0.309 e. The van der Waals surface area contributed by atoms with Crippen LogP contribution in [0.4, 0.5) is 5.69 Å². The molecule has 1 fully saturated rings. The van der Waals surface area contributed by atoms with Crippen molar-refractivity contribution >= 4 is 40.8 Å². The molecule has 12 heteroatoms. The van der Waals surface area contributed by atoms with E-state index in [2.05, 4.69) is 15.3 Å². The highest BCUT2D eigenvalue weighted by Gasteiger charge is 2.27. The van der Waals surface area contributed by atoms with Crippen LogP contribution in [0.5, 0.6) is 5.88 Å². The van der Waals surface area contributed by atoms with Crippen LogP contribution in [-0.2, 0) is 23.1 Å². The molecule has 0 atom stereocenters. The van der Waals surface area contributed by atoms with Gasteiger partial charge in [-0.25, -0.2) is 9.67 Å². The highest BCUT2D eigenvalue weighted by molar-refractivity contribution is 6.39. The molecule has 1 N–H and O–H groups in total. The Bertz CT molecular complexity index is 1840. The molecule has 5 rings (SSSR count). The number of nitrogens with zero attached hydrogens (tertiary/aromatic N) is 4. The molecule has 3 heterocycles. The summed E-state index contributed by atoms with van der Waals surface area (Å²) in [4.78, 5) is 44.8. The molecule has 0 saturated carbocycles. The monoisotopic (exact) mass is 677 g/mol. The number of nitrogens with one attached hydrogen (secondary N) is 1. The zero-order valence-electron chi connectivity index (χ0n) is 26.8. The summed E-state index contributed by atoms with van der Waals surface area (Å²) in [6.07, 6.45) is 2.89. The quantitative estimate of drug-likeness (QED) is 0.190. The highest BCUT2D eigenvalue weighted by Crippen LogP contribution is 2.41. The normalized spacial score (nSPS) is 13.9. The number of esters is 1. The number of carbonyl (C=O) groups is 2. The van der Waals surface area contributed by atoms with Crippen LogP contribution in [0.2, 0.25) is 10.0 Å². The van der Waals surface area contributed by atoms with Gasteiger partial charge in [0.05, 0.1) is 41.1 Å². The maximum absolute atomic E-state index is 12.9. The molecule has 1 aliphatic rings. The van der Waals surface area contributed by atoms with Crippen LogP contribution in [0.3, 0.4) is 0 Å². The molecule has 10 nitrogen and oxygen atoms in total. The molecular formula is C35H37Cl2N5O5. The number of hydrogen-bond acceptors (Lipinski definition) is 8. The summed E-state index contributed by atoms with van der Waals surface area (Å²) in [5, 5.41) is 7.28. The minimum absolute atomic E-state index is 0.0567. The van der Waals surface area contributed by atoms with Crippen LogP contribution < -0.4 is 15.6 Å². The third-order valence-electron chi connectivity index (χ3n) is 8.07. The lowest BCUT2D eigenvalue weighted by Gasteiger charge is -2.31. The van der Waals surface area contributed by atoms with E-state index in [1.54, 1.807) is 25.3 Å². The molecule has 0 spiro atoms. The number of carbonyl (C=O) groups excluding carboxylic acids is 2. The number of halogens is 2. The first kappa shape index (κ1) is 34.1. The first-order valence-electron chi connectivity index (χ1n) is 15.4. The van der Waals surface area contributed by atoms with Crippen LogP contribution in [0.25, 0.3) is 22.4 Å². The van der Waals surface area contributed by atoms with Crippen molar-refractivity contribution in [3.63, 3.8) is 0 Å². The van der Waals surface area contributed by atoms with Crippen molar-refractivity contribution in [2.24, 2.45) is 18.9 Å². The lowest BCUT2D eigenvalue weighted by molar-refractivity contribution is -0.151. The summed E-state index contributed by atoms with van der Waals surface area (Å²) < 4.78 is 12.2. The molecule has 0 unspecified atom stereocenters. The number of amides is 1. The average molecular weight is 679 g/mol. The van der Waals surface area contributed by atoms with E-state index >= 15 is 0 Å². The second-order valence-corrected chi connectivity index (χ2v) is 12.7. The van der Waals surface area contributed by atoms with Gasteiger partial charge in [-0.2, -0.15) is 5.10 Å². The molecule has 0 aliphatic carbocycles. The lowest BCUT2D eigenvalue weighted by atomic mass is 9.96. The van der Waals surface area contributed by atoms with Gasteiger partial charge in [-0.3, -0.25) is 19.3 Å². The molecule has 1 aliphatic heterocycles. The molecule has 246 valence electrons. The van der Waals surface area contributed by atoms with Crippen molar-refractivity contribution in [2.75, 3.05) is 32.1 Å². The number of likely N-dealkylation sites (tertiary alicyclic amines) is 1. The van der Waals surface area contributed by atoms with E-state index in [1.807, 2.05) is 44.2 Å². The van der Waals surface area contributed by atoms with Crippen LogP contribution in [-0.4, -0.2) is 58.3 Å². The van der Waals surface area contributed by atoms with Crippen molar-refractivity contribution in [3.8, 4) is 28.3 Å². The van der Waals surface area contributed by atoms with Crippen LogP contribution in [0.15, 0.2) is 65.6 Å². The van der Waals surface area contributed by atoms with Crippen molar-refractivity contribution in [3.05, 3.63) is 92.3 Å². The number of benzene rings is 2. The van der Waals surface area contributed by atoms with Gasteiger partial charge in [0.15, 0.2) is 0 Å². The molecule has 0 bridgehead atoms. The molecule has 1 saturated heterocycles. The Morgan fingerprint density at radius 3 is 2.36 bits per heavy atom. The van der Waals surface area contributed by atoms with Crippen molar-refractivity contribution in [1.82, 2.24) is 19.7 Å². The van der Waals surface area contributed by atoms with Gasteiger partial charge in [-0.05, 0) is 50.0 Å². The Balaban J connectivity index is 1.33. The number of aryl methyl sites for hydroxylation is 1. The Morgan fingerprint density at radius 1 is 0.979 bits per heavy atom. The predicted molar refractivity (Wildman–Crippen MR) is 183 cm³/mol. The number of pyridine rings is 1. The number of aromatic nitrogens is 3. The number of ether oxygens (including phenoxy) is 2. The topological polar surface area (TPSA) is 116 Å². The molecule has 0 radical (unpaired) electrons. The molecule has 1 amide bonds. The van der Waals surface area contributed by atoms with Gasteiger partial charge >= 0.3 is 5.97 Å². The number of rotatable bonds is 10. The van der Waals surface area contributed by atoms with E-state index in [0.29, 0.717) is 58.0 Å². The molecular weight excluding hydrogens is 641 g/mol. The summed E-state index contributed by atoms with van der Waals surface area (Å²) in [5.74, 6) is 0.0442. The average Bonchev–Trinajstić information content (AvgIpc) is 3.06. The zero-order valence-corrected chi connectivity index (χ0v) is 28.3. The lowest BCUT2D eigenvalue weighted by Crippen LogP contribution is -2.36. The SMILES string of the molecule is COc1nc(-c2cccc(-c3cccc(NC(=O)c4ccnn(C)c4=O)c3Cl)c2Cl)ccc1CN1CCC(C(=O)OCC(C)C)CC1. The first-order chi connectivity index (χ1) is 22.6. The van der Waals surface area contributed by atoms with Gasteiger partial charge in [-0.15, -0.1) is 0 Å². The fraction of sp³-hybridized carbons (Fsp3) is 0.343. The minimum atomic E-state index is -0.600.